The molecular weight excluding hydrogens is 907 g/mol. The van der Waals surface area contributed by atoms with E-state index in [1.165, 1.54) is 11.8 Å². The quantitative estimate of drug-likeness (QED) is 0.0604. The molecule has 3 amide bonds. The summed E-state index contributed by atoms with van der Waals surface area (Å²) in [5.74, 6) is -0.288. The van der Waals surface area contributed by atoms with Gasteiger partial charge in [-0.2, -0.15) is 4.98 Å². The van der Waals surface area contributed by atoms with E-state index in [-0.39, 0.29) is 66.1 Å². The minimum atomic E-state index is -0.880. The number of ketones is 1. The number of pyridine rings is 2. The van der Waals surface area contributed by atoms with Crippen molar-refractivity contribution in [2.45, 2.75) is 130 Å². The highest BCUT2D eigenvalue weighted by Gasteiger charge is 2.44. The lowest BCUT2D eigenvalue weighted by Crippen LogP contribution is -2.57. The van der Waals surface area contributed by atoms with Crippen LogP contribution in [0.2, 0.25) is 0 Å². The van der Waals surface area contributed by atoms with Gasteiger partial charge in [-0.3, -0.25) is 33.4 Å². The molecule has 1 saturated carbocycles. The van der Waals surface area contributed by atoms with Crippen LogP contribution in [0, 0.1) is 19.3 Å². The second-order valence-corrected chi connectivity index (χ2v) is 21.1. The highest BCUT2D eigenvalue weighted by atomic mass is 32.1. The number of rotatable bonds is 16. The number of aromatic nitrogens is 5. The molecule has 2 aliphatic heterocycles. The molecule has 17 nitrogen and oxygen atoms in total. The van der Waals surface area contributed by atoms with Crippen molar-refractivity contribution in [3.05, 3.63) is 87.0 Å². The summed E-state index contributed by atoms with van der Waals surface area (Å²) in [5.41, 5.74) is 6.17. The van der Waals surface area contributed by atoms with Crippen molar-refractivity contribution in [3.63, 3.8) is 0 Å². The number of aryl methyl sites for hydroxylation is 2. The average molecular weight is 974 g/mol. The minimum Gasteiger partial charge on any atom is -0.391 e. The topological polar surface area (TPSA) is 208 Å². The van der Waals surface area contributed by atoms with Crippen LogP contribution < -0.4 is 26.4 Å². The van der Waals surface area contributed by atoms with Gasteiger partial charge in [0.05, 0.1) is 45.7 Å². The first-order valence-electron chi connectivity index (χ1n) is 24.7. The molecule has 8 rings (SSSR count). The Bertz CT molecular complexity index is 2760. The number of aliphatic hydroxyl groups is 1. The maximum Gasteiger partial charge on any atom is 0.263 e. The van der Waals surface area contributed by atoms with Crippen molar-refractivity contribution in [1.82, 2.24) is 44.9 Å². The Kier molecular flexibility index (Phi) is 15.4. The third kappa shape index (κ3) is 11.2. The molecule has 4 N–H and O–H groups in total. The number of piperazine rings is 1. The van der Waals surface area contributed by atoms with Crippen LogP contribution in [0.25, 0.3) is 21.5 Å². The Morgan fingerprint density at radius 2 is 1.64 bits per heavy atom. The van der Waals surface area contributed by atoms with Gasteiger partial charge in [0.1, 0.15) is 23.5 Å². The molecule has 1 aliphatic carbocycles. The Labute approximate surface area is 413 Å². The molecule has 3 fully saturated rings. The largest absolute Gasteiger partial charge is 0.391 e. The van der Waals surface area contributed by atoms with Crippen molar-refractivity contribution < 1.29 is 24.3 Å². The first-order valence-corrected chi connectivity index (χ1v) is 25.6. The van der Waals surface area contributed by atoms with Crippen LogP contribution in [0.1, 0.15) is 125 Å². The average Bonchev–Trinajstić information content (AvgIpc) is 4.12. The van der Waals surface area contributed by atoms with Crippen LogP contribution in [0.5, 0.6) is 0 Å². The second-order valence-electron chi connectivity index (χ2n) is 20.3. The van der Waals surface area contributed by atoms with E-state index in [4.69, 9.17) is 4.98 Å². The fourth-order valence-electron chi connectivity index (χ4n) is 10.2. The zero-order valence-electron chi connectivity index (χ0n) is 41.5. The second kappa shape index (κ2) is 21.5. The number of nitrogens with one attached hydrogen (secondary N) is 3. The smallest absolute Gasteiger partial charge is 0.263 e. The Hall–Kier alpha value is -6.11. The number of amides is 3. The normalized spacial score (nSPS) is 18.8. The summed E-state index contributed by atoms with van der Waals surface area (Å²) >= 11 is 1.58. The molecule has 0 bridgehead atoms. The zero-order chi connectivity index (χ0) is 49.9. The maximum absolute atomic E-state index is 14.2. The molecule has 3 aliphatic rings. The van der Waals surface area contributed by atoms with Crippen molar-refractivity contribution in [3.8, 4) is 10.4 Å². The summed E-state index contributed by atoms with van der Waals surface area (Å²) in [7, 11) is 0. The van der Waals surface area contributed by atoms with Gasteiger partial charge in [-0.1, -0.05) is 57.9 Å². The van der Waals surface area contributed by atoms with Gasteiger partial charge in [-0.25, -0.2) is 15.0 Å². The fraction of sp³-hybridized carbons (Fsp3) is 0.519. The number of aliphatic hydroxyl groups excluding tert-OH is 1. The predicted octanol–water partition coefficient (Wildman–Crippen LogP) is 6.65. The molecule has 0 radical (unpaired) electrons. The number of Topliss-reactive ketones (excluding diaryl/α,β-unsaturated/α-hetero) is 1. The van der Waals surface area contributed by atoms with Gasteiger partial charge in [0.2, 0.25) is 23.7 Å². The third-order valence-corrected chi connectivity index (χ3v) is 15.1. The molecule has 6 heterocycles. The number of hydrogen-bond donors (Lipinski definition) is 4. The molecule has 70 heavy (non-hydrogen) atoms. The molecule has 4 atom stereocenters. The standard InChI is InChI=1S/C52H67N11O6S/c1-31-40-28-54-51(59-47(40)63(37-12-8-9-13-37)49(68)44(31)34(4)64)57-42-20-19-38(27-53-42)61-24-22-60(23-25-61)21-11-10-14-43(66)58-46(52(5,6)7)50(69)62-29-39(65)26-41(62)48(67)56-32(2)35-15-17-36(18-16-35)45-33(3)55-30-70-45/h15-20,27-28,30,32,37,39,41,46,65H,8-14,21-26,29H2,1-7H3,(H,56,67)(H,58,66)(H,53,54,57,59)/t32-,39-,41+,46+/m0/s1. The molecule has 2 saturated heterocycles. The Morgan fingerprint density at radius 3 is 2.29 bits per heavy atom. The number of thiazole rings is 1. The van der Waals surface area contributed by atoms with E-state index in [0.717, 1.165) is 92.2 Å². The lowest BCUT2D eigenvalue weighted by molar-refractivity contribution is -0.144. The van der Waals surface area contributed by atoms with Gasteiger partial charge < -0.3 is 30.9 Å². The van der Waals surface area contributed by atoms with Crippen molar-refractivity contribution >= 4 is 63.3 Å². The molecule has 4 aromatic heterocycles. The number of anilines is 3. The monoisotopic (exact) mass is 973 g/mol. The van der Waals surface area contributed by atoms with E-state index in [1.807, 2.05) is 82.7 Å². The number of benzene rings is 1. The van der Waals surface area contributed by atoms with E-state index in [1.54, 1.807) is 29.0 Å². The number of unbranched alkanes of at least 4 members (excludes halogenated alkanes) is 1. The molecular formula is C52H67N11O6S. The van der Waals surface area contributed by atoms with Crippen molar-refractivity contribution in [1.29, 1.82) is 0 Å². The van der Waals surface area contributed by atoms with E-state index in [2.05, 4.69) is 40.7 Å². The third-order valence-electron chi connectivity index (χ3n) is 14.2. The summed E-state index contributed by atoms with van der Waals surface area (Å²) in [6, 6.07) is 9.82. The van der Waals surface area contributed by atoms with E-state index >= 15 is 0 Å². The number of nitrogens with zero attached hydrogens (tertiary/aromatic N) is 8. The maximum atomic E-state index is 14.2. The van der Waals surface area contributed by atoms with Crippen LogP contribution in [0.4, 0.5) is 17.5 Å². The first-order chi connectivity index (χ1) is 33.5. The van der Waals surface area contributed by atoms with Crippen molar-refractivity contribution in [2.75, 3.05) is 49.5 Å². The first kappa shape index (κ1) is 50.3. The van der Waals surface area contributed by atoms with Gasteiger partial charge in [-0.05, 0) is 94.2 Å². The minimum absolute atomic E-state index is 0.00708. The van der Waals surface area contributed by atoms with Gasteiger partial charge in [-0.15, -0.1) is 11.3 Å². The Morgan fingerprint density at radius 1 is 0.914 bits per heavy atom. The number of likely N-dealkylation sites (tertiary alicyclic amines) is 1. The van der Waals surface area contributed by atoms with Crippen LogP contribution >= 0.6 is 11.3 Å². The highest BCUT2D eigenvalue weighted by molar-refractivity contribution is 7.13. The summed E-state index contributed by atoms with van der Waals surface area (Å²) in [4.78, 5) is 93.0. The van der Waals surface area contributed by atoms with Gasteiger partial charge in [0, 0.05) is 63.2 Å². The lowest BCUT2D eigenvalue weighted by Gasteiger charge is -2.36. The number of carbonyl (C=O) groups excluding carboxylic acids is 4. The lowest BCUT2D eigenvalue weighted by atomic mass is 9.85. The number of hydrogen-bond acceptors (Lipinski definition) is 14. The zero-order valence-corrected chi connectivity index (χ0v) is 42.3. The summed E-state index contributed by atoms with van der Waals surface area (Å²) < 4.78 is 1.70. The van der Waals surface area contributed by atoms with Gasteiger partial charge >= 0.3 is 0 Å². The van der Waals surface area contributed by atoms with Crippen LogP contribution in [-0.2, 0) is 14.4 Å². The van der Waals surface area contributed by atoms with Gasteiger partial charge in [0.15, 0.2) is 5.78 Å². The summed E-state index contributed by atoms with van der Waals surface area (Å²) in [6.07, 6.45) is 8.32. The number of carbonyl (C=O) groups is 4. The molecule has 0 spiro atoms. The molecule has 18 heteroatoms. The fourth-order valence-corrected chi connectivity index (χ4v) is 11.0. The van der Waals surface area contributed by atoms with Crippen LogP contribution in [-0.4, -0.2) is 120 Å². The molecule has 0 unspecified atom stereocenters. The van der Waals surface area contributed by atoms with Crippen LogP contribution in [0.15, 0.2) is 59.1 Å². The molecule has 5 aromatic rings. The summed E-state index contributed by atoms with van der Waals surface area (Å²) in [6.45, 7) is 17.0. The molecule has 1 aromatic carbocycles. The number of β-amino-alcohol motifs (C(OH)–C–C–N with tert-alkyl or cyclic N) is 1. The molecule has 372 valence electrons. The van der Waals surface area contributed by atoms with E-state index in [9.17, 15) is 29.1 Å². The van der Waals surface area contributed by atoms with Crippen LogP contribution in [0.3, 0.4) is 0 Å². The Balaban J connectivity index is 0.788. The van der Waals surface area contributed by atoms with E-state index < -0.39 is 23.6 Å². The predicted molar refractivity (Wildman–Crippen MR) is 272 cm³/mol. The number of fused-ring (bicyclic) bond motifs is 1. The van der Waals surface area contributed by atoms with E-state index in [0.29, 0.717) is 34.8 Å². The van der Waals surface area contributed by atoms with Gasteiger partial charge in [0.25, 0.3) is 5.56 Å². The summed E-state index contributed by atoms with van der Waals surface area (Å²) in [5, 5.41) is 20.7. The highest BCUT2D eigenvalue weighted by Crippen LogP contribution is 2.33. The SMILES string of the molecule is CC(=O)c1c(C)c2cnc(Nc3ccc(N4CCN(CCCCC(=O)N[C@H](C(=O)N5C[C@@H](O)C[C@@H]5C(=O)N[C@@H](C)c5ccc(-c6scnc6C)cc5)C(C)(C)C)CC4)cn3)nc2n(C2CCCC2)c1=O. The van der Waals surface area contributed by atoms with Crippen molar-refractivity contribution in [2.24, 2.45) is 5.41 Å².